The van der Waals surface area contributed by atoms with E-state index in [9.17, 15) is 24.3 Å². The molecule has 10 heteroatoms. The van der Waals surface area contributed by atoms with Gasteiger partial charge >= 0.3 is 12.1 Å². The number of rotatable bonds is 12. The van der Waals surface area contributed by atoms with Crippen LogP contribution in [0.25, 0.3) is 0 Å². The molecule has 0 spiro atoms. The van der Waals surface area contributed by atoms with Gasteiger partial charge in [0.15, 0.2) is 12.1 Å². The summed E-state index contributed by atoms with van der Waals surface area (Å²) in [6.45, 7) is 6.46. The fourth-order valence-corrected chi connectivity index (χ4v) is 3.70. The molecule has 2 aromatic rings. The molecule has 4 N–H and O–H groups in total. The Morgan fingerprint density at radius 2 is 1.42 bits per heavy atom. The second-order valence-corrected chi connectivity index (χ2v) is 10.8. The quantitative estimate of drug-likeness (QED) is 0.162. The Morgan fingerprint density at radius 3 is 1.96 bits per heavy atom. The number of carbonyl (C=O) groups excluding carboxylic acids is 4. The molecule has 2 atom stereocenters. The summed E-state index contributed by atoms with van der Waals surface area (Å²) in [5, 5.41) is 17.4. The van der Waals surface area contributed by atoms with E-state index in [2.05, 4.69) is 39.6 Å². The molecule has 0 aliphatic heterocycles. The number of hydrogen-bond acceptors (Lipinski definition) is 7. The van der Waals surface area contributed by atoms with Crippen molar-refractivity contribution < 1.29 is 33.8 Å². The zero-order chi connectivity index (χ0) is 33.1. The normalized spacial score (nSPS) is 12.0. The van der Waals surface area contributed by atoms with Crippen molar-refractivity contribution in [3.63, 3.8) is 0 Å². The highest BCUT2D eigenvalue weighted by Gasteiger charge is 2.26. The van der Waals surface area contributed by atoms with Crippen molar-refractivity contribution in [2.45, 2.75) is 70.7 Å². The fraction of sp³-hybridized carbons (Fsp3) is 0.371. The minimum absolute atomic E-state index is 0.0258. The van der Waals surface area contributed by atoms with Gasteiger partial charge in [0.2, 0.25) is 11.8 Å². The molecule has 0 aliphatic rings. The van der Waals surface area contributed by atoms with Crippen LogP contribution in [0.5, 0.6) is 0 Å². The van der Waals surface area contributed by atoms with Gasteiger partial charge in [0.25, 0.3) is 0 Å². The molecule has 3 amide bonds. The first kappa shape index (κ1) is 36.1. The summed E-state index contributed by atoms with van der Waals surface area (Å²) >= 11 is 0. The molecular weight excluding hydrogens is 574 g/mol. The third-order valence-corrected chi connectivity index (χ3v) is 5.85. The molecule has 2 rings (SSSR count). The van der Waals surface area contributed by atoms with Crippen molar-refractivity contribution in [1.82, 2.24) is 16.0 Å². The van der Waals surface area contributed by atoms with Crippen molar-refractivity contribution in [3.05, 3.63) is 83.9 Å². The molecule has 0 radical (unpaired) electrons. The van der Waals surface area contributed by atoms with Crippen LogP contribution in [0.15, 0.2) is 72.8 Å². The van der Waals surface area contributed by atoms with E-state index < -0.39 is 48.4 Å². The zero-order valence-electron chi connectivity index (χ0n) is 26.1. The number of carbonyl (C=O) groups is 4. The highest BCUT2D eigenvalue weighted by molar-refractivity contribution is 5.85. The molecule has 2 aromatic carbocycles. The van der Waals surface area contributed by atoms with Crippen LogP contribution in [0.3, 0.4) is 0 Å². The van der Waals surface area contributed by atoms with Crippen LogP contribution in [0, 0.1) is 23.7 Å². The lowest BCUT2D eigenvalue weighted by Gasteiger charge is -2.22. The molecule has 0 aliphatic carbocycles. The molecule has 0 aromatic heterocycles. The largest absolute Gasteiger partial charge is 0.451 e. The number of hydrogen-bond donors (Lipinski definition) is 4. The number of aliphatic hydroxyl groups excluding tert-OH is 1. The second kappa shape index (κ2) is 19.3. The van der Waals surface area contributed by atoms with E-state index in [-0.39, 0.29) is 18.7 Å². The summed E-state index contributed by atoms with van der Waals surface area (Å²) in [6, 6.07) is 16.5. The first-order valence-corrected chi connectivity index (χ1v) is 14.6. The monoisotopic (exact) mass is 615 g/mol. The molecular formula is C35H41N3O7. The maximum absolute atomic E-state index is 12.9. The number of alkyl carbamates (subject to hydrolysis) is 1. The Balaban J connectivity index is 1.72. The predicted octanol–water partition coefficient (Wildman–Crippen LogP) is 3.56. The molecule has 238 valence electrons. The Bertz CT molecular complexity index is 1370. The minimum Gasteiger partial charge on any atom is -0.451 e. The smallest absolute Gasteiger partial charge is 0.408 e. The summed E-state index contributed by atoms with van der Waals surface area (Å²) in [5.41, 5.74) is 0.874. The van der Waals surface area contributed by atoms with Gasteiger partial charge in [-0.2, -0.15) is 0 Å². The van der Waals surface area contributed by atoms with Gasteiger partial charge in [-0.3, -0.25) is 9.59 Å². The molecule has 0 fully saturated rings. The second-order valence-electron chi connectivity index (χ2n) is 10.8. The number of aliphatic hydroxyl groups is 1. The first-order valence-electron chi connectivity index (χ1n) is 14.6. The van der Waals surface area contributed by atoms with E-state index in [4.69, 9.17) is 9.47 Å². The Morgan fingerprint density at radius 1 is 0.867 bits per heavy atom. The number of benzene rings is 2. The highest BCUT2D eigenvalue weighted by atomic mass is 16.6. The lowest BCUT2D eigenvalue weighted by molar-refractivity contribution is -0.152. The van der Waals surface area contributed by atoms with Crippen LogP contribution < -0.4 is 16.0 Å². The number of amides is 3. The number of ether oxygens (including phenoxy) is 2. The Labute approximate surface area is 265 Å². The molecule has 10 nitrogen and oxygen atoms in total. The number of nitrogens with one attached hydrogen (secondary N) is 3. The van der Waals surface area contributed by atoms with Crippen LogP contribution >= 0.6 is 0 Å². The van der Waals surface area contributed by atoms with Crippen LogP contribution in [0.4, 0.5) is 4.79 Å². The molecule has 0 saturated heterocycles. The van der Waals surface area contributed by atoms with Gasteiger partial charge < -0.3 is 30.5 Å². The van der Waals surface area contributed by atoms with Gasteiger partial charge in [-0.1, -0.05) is 84.3 Å². The Hall–Kier alpha value is -5.06. The lowest BCUT2D eigenvalue weighted by atomic mass is 10.0. The molecule has 0 heterocycles. The topological polar surface area (TPSA) is 143 Å². The van der Waals surface area contributed by atoms with Crippen molar-refractivity contribution in [2.75, 3.05) is 13.2 Å². The first-order chi connectivity index (χ1) is 21.5. The third-order valence-electron chi connectivity index (χ3n) is 5.85. The number of allylic oxidation sites excluding steroid dienone is 2. The van der Waals surface area contributed by atoms with Gasteiger partial charge in [-0.25, -0.2) is 9.59 Å². The SMILES string of the molecule is C[C@H](NC(=O)OC(C)(C)C)C(=O)NCCC#C/C=C\C#CCCC(=O)N[C@@H](CO)C(=O)OC(c1ccccc1)c1ccccc1. The average molecular weight is 616 g/mol. The van der Waals surface area contributed by atoms with E-state index in [1.165, 1.54) is 6.08 Å². The molecule has 0 saturated carbocycles. The van der Waals surface area contributed by atoms with Crippen LogP contribution in [-0.4, -0.2) is 59.8 Å². The summed E-state index contributed by atoms with van der Waals surface area (Å²) in [4.78, 5) is 49.0. The van der Waals surface area contributed by atoms with Crippen molar-refractivity contribution in [3.8, 4) is 23.7 Å². The van der Waals surface area contributed by atoms with Gasteiger partial charge in [0, 0.05) is 25.8 Å². The maximum Gasteiger partial charge on any atom is 0.408 e. The highest BCUT2D eigenvalue weighted by Crippen LogP contribution is 2.26. The lowest BCUT2D eigenvalue weighted by Crippen LogP contribution is -2.46. The number of esters is 1. The third kappa shape index (κ3) is 14.8. The van der Waals surface area contributed by atoms with Crippen LogP contribution in [0.2, 0.25) is 0 Å². The van der Waals surface area contributed by atoms with Gasteiger partial charge in [-0.15, -0.1) is 0 Å². The van der Waals surface area contributed by atoms with E-state index in [0.717, 1.165) is 11.1 Å². The van der Waals surface area contributed by atoms with Crippen molar-refractivity contribution in [1.29, 1.82) is 0 Å². The fourth-order valence-electron chi connectivity index (χ4n) is 3.70. The van der Waals surface area contributed by atoms with E-state index in [1.807, 2.05) is 60.7 Å². The van der Waals surface area contributed by atoms with Gasteiger partial charge in [-0.05, 0) is 51.0 Å². The van der Waals surface area contributed by atoms with Crippen molar-refractivity contribution in [2.24, 2.45) is 0 Å². The van der Waals surface area contributed by atoms with Crippen LogP contribution in [-0.2, 0) is 23.9 Å². The predicted molar refractivity (Wildman–Crippen MR) is 170 cm³/mol. The molecule has 45 heavy (non-hydrogen) atoms. The van der Waals surface area contributed by atoms with E-state index in [1.54, 1.807) is 33.8 Å². The van der Waals surface area contributed by atoms with Gasteiger partial charge in [0.05, 0.1) is 6.61 Å². The van der Waals surface area contributed by atoms with Crippen molar-refractivity contribution >= 4 is 23.9 Å². The van der Waals surface area contributed by atoms with Gasteiger partial charge in [0.1, 0.15) is 11.6 Å². The summed E-state index contributed by atoms with van der Waals surface area (Å²) in [7, 11) is 0. The Kier molecular flexibility index (Phi) is 15.5. The van der Waals surface area contributed by atoms with E-state index >= 15 is 0 Å². The summed E-state index contributed by atoms with van der Waals surface area (Å²) < 4.78 is 10.9. The summed E-state index contributed by atoms with van der Waals surface area (Å²) in [5.74, 6) is 9.73. The van der Waals surface area contributed by atoms with E-state index in [0.29, 0.717) is 13.0 Å². The van der Waals surface area contributed by atoms with Crippen LogP contribution in [0.1, 0.15) is 64.2 Å². The summed E-state index contributed by atoms with van der Waals surface area (Å²) in [6.07, 6.45) is 2.39. The standard InChI is InChI=1S/C35H41N3O7/c1-26(37-34(43)45-35(2,3)4)32(41)36-24-18-10-8-6-5-7-9-17-23-30(40)38-29(25-39)33(42)44-31(27-19-13-11-14-20-27)28-21-15-12-16-22-28/h5-6,11-16,19-22,26,29,31,39H,17-18,23-25H2,1-4H3,(H,36,41)(H,37,43)(H,38,40)/b6-5-/t26-,29-/m0/s1. The zero-order valence-corrected chi connectivity index (χ0v) is 26.1. The maximum atomic E-state index is 12.9. The molecule has 0 unspecified atom stereocenters. The molecule has 0 bridgehead atoms. The average Bonchev–Trinajstić information content (AvgIpc) is 3.00. The minimum atomic E-state index is -1.22.